The minimum Gasteiger partial charge on any atom is -0.480 e. The number of ether oxygens (including phenoxy) is 1. The number of halogens is 3. The second-order valence-electron chi connectivity index (χ2n) is 6.20. The lowest BCUT2D eigenvalue weighted by atomic mass is 9.76. The van der Waals surface area contributed by atoms with Crippen LogP contribution >= 0.6 is 0 Å². The van der Waals surface area contributed by atoms with E-state index in [0.29, 0.717) is 19.0 Å². The SMILES string of the molecule is O=C(NC1(C(=O)O)CCC1)c1ccc(Oc2ccc(C(F)(F)F)cn2)cc1. The first-order valence-electron chi connectivity index (χ1n) is 8.07. The van der Waals surface area contributed by atoms with E-state index >= 15 is 0 Å². The molecule has 0 aliphatic heterocycles. The fourth-order valence-electron chi connectivity index (χ4n) is 2.62. The molecule has 0 unspecified atom stereocenters. The normalized spacial score (nSPS) is 15.5. The van der Waals surface area contributed by atoms with E-state index < -0.39 is 29.2 Å². The first-order valence-corrected chi connectivity index (χ1v) is 8.07. The molecule has 1 fully saturated rings. The highest BCUT2D eigenvalue weighted by molar-refractivity contribution is 5.98. The van der Waals surface area contributed by atoms with Crippen molar-refractivity contribution in [2.75, 3.05) is 0 Å². The third kappa shape index (κ3) is 4.02. The molecule has 3 rings (SSSR count). The quantitative estimate of drug-likeness (QED) is 0.827. The molecule has 1 aliphatic rings. The van der Waals surface area contributed by atoms with Gasteiger partial charge in [0.05, 0.1) is 5.56 Å². The number of carboxylic acids is 1. The number of hydrogen-bond donors (Lipinski definition) is 2. The molecule has 27 heavy (non-hydrogen) atoms. The molecular formula is C18H15F3N2O4. The van der Waals surface area contributed by atoms with Crippen LogP contribution in [-0.2, 0) is 11.0 Å². The average Bonchev–Trinajstić information content (AvgIpc) is 2.58. The van der Waals surface area contributed by atoms with Gasteiger partial charge in [0, 0.05) is 17.8 Å². The van der Waals surface area contributed by atoms with Crippen LogP contribution in [-0.4, -0.2) is 27.5 Å². The van der Waals surface area contributed by atoms with Gasteiger partial charge in [-0.05, 0) is 49.6 Å². The van der Waals surface area contributed by atoms with Crippen molar-refractivity contribution >= 4 is 11.9 Å². The van der Waals surface area contributed by atoms with E-state index in [1.54, 1.807) is 0 Å². The van der Waals surface area contributed by atoms with Crippen molar-refractivity contribution in [3.63, 3.8) is 0 Å². The Kier molecular flexibility index (Phi) is 4.77. The van der Waals surface area contributed by atoms with Gasteiger partial charge < -0.3 is 15.2 Å². The molecule has 2 N–H and O–H groups in total. The number of hydrogen-bond acceptors (Lipinski definition) is 4. The Morgan fingerprint density at radius 2 is 1.78 bits per heavy atom. The number of amides is 1. The highest BCUT2D eigenvalue weighted by atomic mass is 19.4. The van der Waals surface area contributed by atoms with E-state index in [4.69, 9.17) is 4.74 Å². The zero-order valence-electron chi connectivity index (χ0n) is 13.9. The highest BCUT2D eigenvalue weighted by Crippen LogP contribution is 2.33. The molecule has 1 heterocycles. The molecule has 2 aromatic rings. The van der Waals surface area contributed by atoms with Gasteiger partial charge in [-0.1, -0.05) is 0 Å². The van der Waals surface area contributed by atoms with Gasteiger partial charge in [0.2, 0.25) is 5.88 Å². The molecular weight excluding hydrogens is 365 g/mol. The summed E-state index contributed by atoms with van der Waals surface area (Å²) in [6.45, 7) is 0. The smallest absolute Gasteiger partial charge is 0.417 e. The van der Waals surface area contributed by atoms with Crippen molar-refractivity contribution in [3.8, 4) is 11.6 Å². The van der Waals surface area contributed by atoms with Gasteiger partial charge in [-0.2, -0.15) is 13.2 Å². The van der Waals surface area contributed by atoms with E-state index in [9.17, 15) is 27.9 Å². The molecule has 0 saturated heterocycles. The highest BCUT2D eigenvalue weighted by Gasteiger charge is 2.45. The number of alkyl halides is 3. The monoisotopic (exact) mass is 380 g/mol. The second-order valence-corrected chi connectivity index (χ2v) is 6.20. The molecule has 0 atom stereocenters. The second kappa shape index (κ2) is 6.90. The van der Waals surface area contributed by atoms with Gasteiger partial charge in [-0.3, -0.25) is 4.79 Å². The Labute approximate surface area is 152 Å². The van der Waals surface area contributed by atoms with Crippen molar-refractivity contribution in [1.29, 1.82) is 0 Å². The van der Waals surface area contributed by atoms with Crippen LogP contribution in [0.25, 0.3) is 0 Å². The molecule has 0 radical (unpaired) electrons. The standard InChI is InChI=1S/C18H15F3N2O4/c19-18(20,21)12-4-7-14(22-10-12)27-13-5-2-11(3-6-13)15(24)23-17(16(25)26)8-1-9-17/h2-7,10H,1,8-9H2,(H,23,24)(H,25,26). The maximum atomic E-state index is 12.5. The number of pyridine rings is 1. The van der Waals surface area contributed by atoms with Crippen molar-refractivity contribution in [2.24, 2.45) is 0 Å². The minimum absolute atomic E-state index is 0.0282. The van der Waals surface area contributed by atoms with E-state index in [1.165, 1.54) is 24.3 Å². The van der Waals surface area contributed by atoms with Crippen LogP contribution < -0.4 is 10.1 Å². The van der Waals surface area contributed by atoms with Crippen LogP contribution in [0.3, 0.4) is 0 Å². The molecule has 1 saturated carbocycles. The number of rotatable bonds is 5. The van der Waals surface area contributed by atoms with Crippen LogP contribution in [0.2, 0.25) is 0 Å². The lowest BCUT2D eigenvalue weighted by molar-refractivity contribution is -0.148. The number of nitrogens with zero attached hydrogens (tertiary/aromatic N) is 1. The maximum Gasteiger partial charge on any atom is 0.417 e. The molecule has 1 aliphatic carbocycles. The molecule has 1 amide bonds. The fraction of sp³-hybridized carbons (Fsp3) is 0.278. The lowest BCUT2D eigenvalue weighted by Gasteiger charge is -2.38. The third-order valence-corrected chi connectivity index (χ3v) is 4.37. The summed E-state index contributed by atoms with van der Waals surface area (Å²) < 4.78 is 42.9. The number of nitrogens with one attached hydrogen (secondary N) is 1. The third-order valence-electron chi connectivity index (χ3n) is 4.37. The van der Waals surface area contributed by atoms with E-state index in [-0.39, 0.29) is 17.2 Å². The zero-order chi connectivity index (χ0) is 19.7. The summed E-state index contributed by atoms with van der Waals surface area (Å²) in [5.41, 5.74) is -1.85. The summed E-state index contributed by atoms with van der Waals surface area (Å²) in [7, 11) is 0. The van der Waals surface area contributed by atoms with E-state index in [1.807, 2.05) is 0 Å². The number of aliphatic carboxylic acids is 1. The van der Waals surface area contributed by atoms with Crippen molar-refractivity contribution in [1.82, 2.24) is 10.3 Å². The molecule has 6 nitrogen and oxygen atoms in total. The Bertz CT molecular complexity index is 844. The van der Waals surface area contributed by atoms with Crippen molar-refractivity contribution < 1.29 is 32.6 Å². The summed E-state index contributed by atoms with van der Waals surface area (Å²) in [5.74, 6) is -1.33. The zero-order valence-corrected chi connectivity index (χ0v) is 13.9. The number of carbonyl (C=O) groups excluding carboxylic acids is 1. The predicted molar refractivity (Wildman–Crippen MR) is 87.4 cm³/mol. The van der Waals surface area contributed by atoms with Gasteiger partial charge in [-0.25, -0.2) is 9.78 Å². The lowest BCUT2D eigenvalue weighted by Crippen LogP contribution is -2.59. The van der Waals surface area contributed by atoms with Gasteiger partial charge in [0.15, 0.2) is 0 Å². The largest absolute Gasteiger partial charge is 0.480 e. The molecule has 142 valence electrons. The van der Waals surface area contributed by atoms with Gasteiger partial charge in [0.1, 0.15) is 11.3 Å². The molecule has 1 aromatic heterocycles. The summed E-state index contributed by atoms with van der Waals surface area (Å²) in [6.07, 6.45) is -2.31. The average molecular weight is 380 g/mol. The van der Waals surface area contributed by atoms with Crippen LogP contribution in [0.1, 0.15) is 35.2 Å². The summed E-state index contributed by atoms with van der Waals surface area (Å²) in [6, 6.07) is 7.71. The summed E-state index contributed by atoms with van der Waals surface area (Å²) >= 11 is 0. The Hall–Kier alpha value is -3.10. The first-order chi connectivity index (χ1) is 12.7. The van der Waals surface area contributed by atoms with Gasteiger partial charge in [0.25, 0.3) is 5.91 Å². The number of aromatic nitrogens is 1. The topological polar surface area (TPSA) is 88.5 Å². The Balaban J connectivity index is 1.65. The van der Waals surface area contributed by atoms with Crippen LogP contribution in [0.5, 0.6) is 11.6 Å². The van der Waals surface area contributed by atoms with E-state index in [2.05, 4.69) is 10.3 Å². The molecule has 1 aromatic carbocycles. The number of carbonyl (C=O) groups is 2. The molecule has 0 spiro atoms. The summed E-state index contributed by atoms with van der Waals surface area (Å²) in [5, 5.41) is 11.8. The Morgan fingerprint density at radius 3 is 2.22 bits per heavy atom. The number of benzene rings is 1. The number of carboxylic acid groups (broad SMARTS) is 1. The molecule has 9 heteroatoms. The van der Waals surface area contributed by atoms with Crippen LogP contribution in [0.4, 0.5) is 13.2 Å². The minimum atomic E-state index is -4.48. The van der Waals surface area contributed by atoms with Crippen LogP contribution in [0, 0.1) is 0 Å². The Morgan fingerprint density at radius 1 is 1.11 bits per heavy atom. The van der Waals surface area contributed by atoms with Gasteiger partial charge in [-0.15, -0.1) is 0 Å². The summed E-state index contributed by atoms with van der Waals surface area (Å²) in [4.78, 5) is 27.1. The van der Waals surface area contributed by atoms with E-state index in [0.717, 1.165) is 18.6 Å². The maximum absolute atomic E-state index is 12.5. The van der Waals surface area contributed by atoms with Crippen molar-refractivity contribution in [2.45, 2.75) is 31.0 Å². The fourth-order valence-corrected chi connectivity index (χ4v) is 2.62. The predicted octanol–water partition coefficient (Wildman–Crippen LogP) is 3.63. The van der Waals surface area contributed by atoms with Gasteiger partial charge >= 0.3 is 12.1 Å². The molecule has 0 bridgehead atoms. The van der Waals surface area contributed by atoms with Crippen molar-refractivity contribution in [3.05, 3.63) is 53.7 Å². The first kappa shape index (κ1) is 18.7. The van der Waals surface area contributed by atoms with Crippen LogP contribution in [0.15, 0.2) is 42.6 Å².